The zero-order valence-electron chi connectivity index (χ0n) is 7.69. The minimum absolute atomic E-state index is 0.0622. The van der Waals surface area contributed by atoms with Crippen LogP contribution in [-0.2, 0) is 14.3 Å². The SMILES string of the molecule is CSCCC(N)C(=O)OC1COC1. The van der Waals surface area contributed by atoms with E-state index in [1.54, 1.807) is 11.8 Å². The number of carbonyl (C=O) groups is 1. The van der Waals surface area contributed by atoms with Gasteiger partial charge in [-0.1, -0.05) is 0 Å². The van der Waals surface area contributed by atoms with Crippen molar-refractivity contribution in [3.63, 3.8) is 0 Å². The lowest BCUT2D eigenvalue weighted by atomic mass is 10.2. The van der Waals surface area contributed by atoms with Crippen LogP contribution in [0.5, 0.6) is 0 Å². The van der Waals surface area contributed by atoms with Crippen LogP contribution in [0.3, 0.4) is 0 Å². The van der Waals surface area contributed by atoms with Crippen molar-refractivity contribution in [1.29, 1.82) is 0 Å². The maximum atomic E-state index is 11.2. The average molecular weight is 205 g/mol. The van der Waals surface area contributed by atoms with Gasteiger partial charge in [0.15, 0.2) is 0 Å². The van der Waals surface area contributed by atoms with Crippen LogP contribution < -0.4 is 5.73 Å². The van der Waals surface area contributed by atoms with Gasteiger partial charge in [0.1, 0.15) is 12.1 Å². The number of rotatable bonds is 5. The lowest BCUT2D eigenvalue weighted by Gasteiger charge is -2.26. The molecule has 0 aromatic heterocycles. The molecule has 0 radical (unpaired) electrons. The predicted molar refractivity (Wildman–Crippen MR) is 51.7 cm³/mol. The third-order valence-electron chi connectivity index (χ3n) is 1.83. The van der Waals surface area contributed by atoms with Gasteiger partial charge in [-0.2, -0.15) is 11.8 Å². The van der Waals surface area contributed by atoms with Crippen LogP contribution in [0.1, 0.15) is 6.42 Å². The first-order valence-electron chi connectivity index (χ1n) is 4.26. The number of esters is 1. The molecule has 4 nitrogen and oxygen atoms in total. The first-order valence-corrected chi connectivity index (χ1v) is 5.66. The van der Waals surface area contributed by atoms with Crippen LogP contribution in [-0.4, -0.2) is 43.3 Å². The highest BCUT2D eigenvalue weighted by atomic mass is 32.2. The second-order valence-electron chi connectivity index (χ2n) is 2.98. The normalized spacial score (nSPS) is 19.2. The van der Waals surface area contributed by atoms with Crippen molar-refractivity contribution < 1.29 is 14.3 Å². The summed E-state index contributed by atoms with van der Waals surface area (Å²) in [5.74, 6) is 0.583. The topological polar surface area (TPSA) is 61.6 Å². The average Bonchev–Trinajstić information content (AvgIpc) is 2.06. The number of nitrogens with two attached hydrogens (primary N) is 1. The summed E-state index contributed by atoms with van der Waals surface area (Å²) in [6.07, 6.45) is 2.60. The third-order valence-corrected chi connectivity index (χ3v) is 2.47. The molecule has 0 aliphatic carbocycles. The van der Waals surface area contributed by atoms with Crippen molar-refractivity contribution in [2.24, 2.45) is 5.73 Å². The van der Waals surface area contributed by atoms with Crippen LogP contribution in [0.25, 0.3) is 0 Å². The Kier molecular flexibility index (Phi) is 4.55. The van der Waals surface area contributed by atoms with E-state index in [1.807, 2.05) is 6.26 Å². The maximum Gasteiger partial charge on any atom is 0.323 e. The predicted octanol–water partition coefficient (Wildman–Crippen LogP) is 0.00880. The Morgan fingerprint density at radius 2 is 2.46 bits per heavy atom. The number of hydrogen-bond donors (Lipinski definition) is 1. The molecule has 0 saturated carbocycles. The van der Waals surface area contributed by atoms with Crippen LogP contribution >= 0.6 is 11.8 Å². The summed E-state index contributed by atoms with van der Waals surface area (Å²) in [7, 11) is 0. The fourth-order valence-electron chi connectivity index (χ4n) is 0.896. The van der Waals surface area contributed by atoms with Crippen molar-refractivity contribution >= 4 is 17.7 Å². The number of ether oxygens (including phenoxy) is 2. The van der Waals surface area contributed by atoms with Crippen LogP contribution in [0.2, 0.25) is 0 Å². The first kappa shape index (κ1) is 10.8. The molecule has 1 aliphatic rings. The fraction of sp³-hybridized carbons (Fsp3) is 0.875. The van der Waals surface area contributed by atoms with Crippen LogP contribution in [0.4, 0.5) is 0 Å². The maximum absolute atomic E-state index is 11.2. The quantitative estimate of drug-likeness (QED) is 0.641. The lowest BCUT2D eigenvalue weighted by molar-refractivity contribution is -0.173. The summed E-state index contributed by atoms with van der Waals surface area (Å²) in [5.41, 5.74) is 5.60. The van der Waals surface area contributed by atoms with E-state index in [9.17, 15) is 4.79 Å². The summed E-state index contributed by atoms with van der Waals surface area (Å²) in [4.78, 5) is 11.2. The van der Waals surface area contributed by atoms with E-state index in [0.717, 1.165) is 5.75 Å². The van der Waals surface area contributed by atoms with Gasteiger partial charge < -0.3 is 15.2 Å². The Balaban J connectivity index is 2.13. The zero-order chi connectivity index (χ0) is 9.68. The van der Waals surface area contributed by atoms with Gasteiger partial charge in [-0.05, 0) is 18.4 Å². The van der Waals surface area contributed by atoms with Gasteiger partial charge in [0.05, 0.1) is 13.2 Å². The highest BCUT2D eigenvalue weighted by molar-refractivity contribution is 7.98. The van der Waals surface area contributed by atoms with E-state index in [0.29, 0.717) is 19.6 Å². The minimum atomic E-state index is -0.479. The Hall–Kier alpha value is -0.260. The molecule has 1 rings (SSSR count). The van der Waals surface area contributed by atoms with Crippen LogP contribution in [0, 0.1) is 0 Å². The smallest absolute Gasteiger partial charge is 0.323 e. The summed E-state index contributed by atoms with van der Waals surface area (Å²) in [6.45, 7) is 1.03. The fourth-order valence-corrected chi connectivity index (χ4v) is 1.39. The minimum Gasteiger partial charge on any atom is -0.456 e. The van der Waals surface area contributed by atoms with Gasteiger partial charge in [0.25, 0.3) is 0 Å². The summed E-state index contributed by atoms with van der Waals surface area (Å²) < 4.78 is 9.92. The van der Waals surface area contributed by atoms with E-state index in [-0.39, 0.29) is 12.1 Å². The summed E-state index contributed by atoms with van der Waals surface area (Å²) in [5, 5.41) is 0. The molecule has 0 spiro atoms. The molecule has 5 heteroatoms. The van der Waals surface area contributed by atoms with Crippen molar-refractivity contribution in [1.82, 2.24) is 0 Å². The molecule has 0 bridgehead atoms. The Morgan fingerprint density at radius 3 is 2.92 bits per heavy atom. The molecule has 13 heavy (non-hydrogen) atoms. The van der Waals surface area contributed by atoms with Gasteiger partial charge in [0, 0.05) is 0 Å². The monoisotopic (exact) mass is 205 g/mol. The van der Waals surface area contributed by atoms with Gasteiger partial charge in [-0.3, -0.25) is 4.79 Å². The standard InChI is InChI=1S/C8H15NO3S/c1-13-3-2-7(9)8(10)12-6-4-11-5-6/h6-7H,2-5,9H2,1H3. The van der Waals surface area contributed by atoms with Crippen molar-refractivity contribution in [3.8, 4) is 0 Å². The van der Waals surface area contributed by atoms with Gasteiger partial charge in [0.2, 0.25) is 0 Å². The Bertz CT molecular complexity index is 173. The van der Waals surface area contributed by atoms with Crippen molar-refractivity contribution in [3.05, 3.63) is 0 Å². The van der Waals surface area contributed by atoms with E-state index in [2.05, 4.69) is 0 Å². The second kappa shape index (κ2) is 5.47. The largest absolute Gasteiger partial charge is 0.456 e. The van der Waals surface area contributed by atoms with E-state index in [4.69, 9.17) is 15.2 Å². The molecule has 1 atom stereocenters. The molecular formula is C8H15NO3S. The van der Waals surface area contributed by atoms with Gasteiger partial charge >= 0.3 is 5.97 Å². The van der Waals surface area contributed by atoms with Crippen molar-refractivity contribution in [2.45, 2.75) is 18.6 Å². The Morgan fingerprint density at radius 1 is 1.77 bits per heavy atom. The summed E-state index contributed by atoms with van der Waals surface area (Å²) >= 11 is 1.67. The molecule has 0 aromatic carbocycles. The summed E-state index contributed by atoms with van der Waals surface area (Å²) in [6, 6.07) is -0.479. The van der Waals surface area contributed by atoms with Gasteiger partial charge in [-0.15, -0.1) is 0 Å². The van der Waals surface area contributed by atoms with E-state index in [1.165, 1.54) is 0 Å². The van der Waals surface area contributed by atoms with Crippen LogP contribution in [0.15, 0.2) is 0 Å². The molecule has 1 fully saturated rings. The molecule has 1 aliphatic heterocycles. The number of thioether (sulfide) groups is 1. The first-order chi connectivity index (χ1) is 6.24. The molecule has 1 saturated heterocycles. The highest BCUT2D eigenvalue weighted by Gasteiger charge is 2.25. The Labute approximate surface area is 82.1 Å². The molecule has 0 amide bonds. The molecule has 76 valence electrons. The molecule has 0 aromatic rings. The number of hydrogen-bond acceptors (Lipinski definition) is 5. The van der Waals surface area contributed by atoms with Gasteiger partial charge in [-0.25, -0.2) is 0 Å². The molecule has 1 unspecified atom stereocenters. The van der Waals surface area contributed by atoms with E-state index < -0.39 is 6.04 Å². The second-order valence-corrected chi connectivity index (χ2v) is 3.97. The molecular weight excluding hydrogens is 190 g/mol. The lowest BCUT2D eigenvalue weighted by Crippen LogP contribution is -2.43. The third kappa shape index (κ3) is 3.54. The molecule has 1 heterocycles. The zero-order valence-corrected chi connectivity index (χ0v) is 8.51. The van der Waals surface area contributed by atoms with Crippen molar-refractivity contribution in [2.75, 3.05) is 25.2 Å². The number of carbonyl (C=O) groups excluding carboxylic acids is 1. The molecule has 2 N–H and O–H groups in total. The van der Waals surface area contributed by atoms with E-state index >= 15 is 0 Å². The highest BCUT2D eigenvalue weighted by Crippen LogP contribution is 2.08.